The molecule has 2 aromatic rings. The second-order valence-electron chi connectivity index (χ2n) is 8.45. The van der Waals surface area contributed by atoms with Crippen molar-refractivity contribution in [1.29, 1.82) is 0 Å². The van der Waals surface area contributed by atoms with Gasteiger partial charge in [-0.05, 0) is 49.4 Å². The Balaban J connectivity index is 1.53. The van der Waals surface area contributed by atoms with Crippen molar-refractivity contribution < 1.29 is 4.74 Å². The van der Waals surface area contributed by atoms with E-state index in [1.54, 1.807) is 0 Å². The summed E-state index contributed by atoms with van der Waals surface area (Å²) in [6.45, 7) is 7.26. The van der Waals surface area contributed by atoms with Crippen molar-refractivity contribution in [3.8, 4) is 0 Å². The van der Waals surface area contributed by atoms with E-state index in [9.17, 15) is 0 Å². The van der Waals surface area contributed by atoms with Gasteiger partial charge in [-0.2, -0.15) is 5.10 Å². The van der Waals surface area contributed by atoms with Gasteiger partial charge in [0.25, 0.3) is 0 Å². The summed E-state index contributed by atoms with van der Waals surface area (Å²) in [7, 11) is 1.98. The Morgan fingerprint density at radius 1 is 1.37 bits per heavy atom. The number of benzene rings is 1. The Kier molecular flexibility index (Phi) is 6.64. The Hall–Kier alpha value is -2.05. The zero-order chi connectivity index (χ0) is 21.0. The van der Waals surface area contributed by atoms with Gasteiger partial charge >= 0.3 is 0 Å². The van der Waals surface area contributed by atoms with E-state index in [4.69, 9.17) is 21.3 Å². The van der Waals surface area contributed by atoms with Crippen molar-refractivity contribution in [3.63, 3.8) is 0 Å². The van der Waals surface area contributed by atoms with E-state index in [-0.39, 0.29) is 5.41 Å². The normalized spacial score (nSPS) is 21.8. The van der Waals surface area contributed by atoms with Crippen LogP contribution in [0, 0.1) is 0 Å². The van der Waals surface area contributed by atoms with Crippen LogP contribution in [-0.2, 0) is 17.2 Å². The molecule has 3 heterocycles. The molecule has 1 atom stereocenters. The lowest BCUT2D eigenvalue weighted by Gasteiger charge is -2.37. The van der Waals surface area contributed by atoms with E-state index in [0.29, 0.717) is 5.92 Å². The molecule has 1 unspecified atom stereocenters. The molecule has 162 valence electrons. The number of halogens is 1. The third-order valence-corrected chi connectivity index (χ3v) is 6.67. The molecule has 2 saturated heterocycles. The van der Waals surface area contributed by atoms with Crippen molar-refractivity contribution in [3.05, 3.63) is 52.8 Å². The third-order valence-electron chi connectivity index (χ3n) is 6.44. The highest BCUT2D eigenvalue weighted by Crippen LogP contribution is 2.36. The van der Waals surface area contributed by atoms with Crippen LogP contribution >= 0.6 is 11.6 Å². The van der Waals surface area contributed by atoms with Gasteiger partial charge in [0.05, 0.1) is 12.7 Å². The standard InChI is InChI=1S/C23H32ClN5O/c1-3-25-22(29-10-7-18(16-29)19-14-27-28(2)15-19)26-17-23(8-11-30-12-9-23)20-5-4-6-21(24)13-20/h4-6,13-15,18H,3,7-12,16-17H2,1-2H3,(H,25,26). The van der Waals surface area contributed by atoms with Crippen molar-refractivity contribution in [2.45, 2.75) is 37.5 Å². The summed E-state index contributed by atoms with van der Waals surface area (Å²) >= 11 is 6.32. The molecule has 4 rings (SSSR count). The summed E-state index contributed by atoms with van der Waals surface area (Å²) in [6, 6.07) is 8.27. The minimum absolute atomic E-state index is 0.0215. The number of nitrogens with one attached hydrogen (secondary N) is 1. The van der Waals surface area contributed by atoms with Crippen molar-refractivity contribution in [2.24, 2.45) is 12.0 Å². The number of hydrogen-bond donors (Lipinski definition) is 1. The zero-order valence-electron chi connectivity index (χ0n) is 18.0. The number of nitrogens with zero attached hydrogens (tertiary/aromatic N) is 4. The maximum absolute atomic E-state index is 6.32. The first-order chi connectivity index (χ1) is 14.6. The average Bonchev–Trinajstić information content (AvgIpc) is 3.41. The molecule has 6 nitrogen and oxygen atoms in total. The second kappa shape index (κ2) is 9.40. The van der Waals surface area contributed by atoms with Crippen molar-refractivity contribution >= 4 is 17.6 Å². The van der Waals surface area contributed by atoms with Crippen LogP contribution in [0.1, 0.15) is 43.2 Å². The van der Waals surface area contributed by atoms with E-state index in [0.717, 1.165) is 69.6 Å². The van der Waals surface area contributed by atoms with Crippen LogP contribution in [0.5, 0.6) is 0 Å². The van der Waals surface area contributed by atoms with Gasteiger partial charge in [0.15, 0.2) is 5.96 Å². The molecule has 30 heavy (non-hydrogen) atoms. The fraction of sp³-hybridized carbons (Fsp3) is 0.565. The minimum atomic E-state index is -0.0215. The van der Waals surface area contributed by atoms with E-state index < -0.39 is 0 Å². The van der Waals surface area contributed by atoms with Gasteiger partial charge in [-0.3, -0.25) is 9.67 Å². The van der Waals surface area contributed by atoms with E-state index in [1.807, 2.05) is 30.1 Å². The van der Waals surface area contributed by atoms with E-state index >= 15 is 0 Å². The fourth-order valence-electron chi connectivity index (χ4n) is 4.65. The van der Waals surface area contributed by atoms with Crippen LogP contribution < -0.4 is 5.32 Å². The predicted octanol–water partition coefficient (Wildman–Crippen LogP) is 3.58. The highest BCUT2D eigenvalue weighted by molar-refractivity contribution is 6.30. The van der Waals surface area contributed by atoms with Gasteiger partial charge in [0.2, 0.25) is 0 Å². The Bertz CT molecular complexity index is 874. The highest BCUT2D eigenvalue weighted by Gasteiger charge is 2.35. The first kappa shape index (κ1) is 21.2. The lowest BCUT2D eigenvalue weighted by Crippen LogP contribution is -2.42. The van der Waals surface area contributed by atoms with Gasteiger partial charge in [0, 0.05) is 62.4 Å². The average molecular weight is 430 g/mol. The van der Waals surface area contributed by atoms with Crippen molar-refractivity contribution in [1.82, 2.24) is 20.0 Å². The first-order valence-corrected chi connectivity index (χ1v) is 11.3. The highest BCUT2D eigenvalue weighted by atomic mass is 35.5. The number of aryl methyl sites for hydroxylation is 1. The topological polar surface area (TPSA) is 54.7 Å². The summed E-state index contributed by atoms with van der Waals surface area (Å²) < 4.78 is 7.57. The Morgan fingerprint density at radius 3 is 2.90 bits per heavy atom. The van der Waals surface area contributed by atoms with Gasteiger partial charge in [-0.1, -0.05) is 23.7 Å². The van der Waals surface area contributed by atoms with Crippen LogP contribution in [0.2, 0.25) is 5.02 Å². The predicted molar refractivity (Wildman–Crippen MR) is 121 cm³/mol. The molecule has 0 radical (unpaired) electrons. The lowest BCUT2D eigenvalue weighted by atomic mass is 9.74. The summed E-state index contributed by atoms with van der Waals surface area (Å²) in [6.07, 6.45) is 7.19. The maximum Gasteiger partial charge on any atom is 0.193 e. The molecule has 1 aromatic heterocycles. The molecule has 1 aromatic carbocycles. The SMILES string of the molecule is CCNC(=NCC1(c2cccc(Cl)c2)CCOCC1)N1CCC(c2cnn(C)c2)C1. The Labute approximate surface area is 184 Å². The minimum Gasteiger partial charge on any atom is -0.381 e. The van der Waals surface area contributed by atoms with E-state index in [2.05, 4.69) is 40.6 Å². The summed E-state index contributed by atoms with van der Waals surface area (Å²) in [5.74, 6) is 1.52. The smallest absolute Gasteiger partial charge is 0.193 e. The molecule has 2 aliphatic rings. The van der Waals surface area contributed by atoms with Crippen molar-refractivity contribution in [2.75, 3.05) is 39.4 Å². The monoisotopic (exact) mass is 429 g/mol. The van der Waals surface area contributed by atoms with Crippen LogP contribution in [0.3, 0.4) is 0 Å². The number of guanidine groups is 1. The number of aromatic nitrogens is 2. The number of likely N-dealkylation sites (tertiary alicyclic amines) is 1. The van der Waals surface area contributed by atoms with Gasteiger partial charge in [-0.25, -0.2) is 0 Å². The van der Waals surface area contributed by atoms with Crippen LogP contribution in [-0.4, -0.2) is 60.0 Å². The molecule has 0 saturated carbocycles. The third kappa shape index (κ3) is 4.65. The molecule has 7 heteroatoms. The van der Waals surface area contributed by atoms with Crippen LogP contribution in [0.4, 0.5) is 0 Å². The van der Waals surface area contributed by atoms with Gasteiger partial charge in [-0.15, -0.1) is 0 Å². The lowest BCUT2D eigenvalue weighted by molar-refractivity contribution is 0.0530. The number of aliphatic imine (C=N–C) groups is 1. The molecule has 2 aliphatic heterocycles. The Morgan fingerprint density at radius 2 is 2.20 bits per heavy atom. The largest absolute Gasteiger partial charge is 0.381 e. The molecule has 0 amide bonds. The molecule has 2 fully saturated rings. The fourth-order valence-corrected chi connectivity index (χ4v) is 4.84. The molecule has 0 spiro atoms. The molecule has 0 bridgehead atoms. The quantitative estimate of drug-likeness (QED) is 0.583. The van der Waals surface area contributed by atoms with Crippen LogP contribution in [0.25, 0.3) is 0 Å². The second-order valence-corrected chi connectivity index (χ2v) is 8.89. The molecular formula is C23H32ClN5O. The van der Waals surface area contributed by atoms with E-state index in [1.165, 1.54) is 11.1 Å². The molecule has 1 N–H and O–H groups in total. The maximum atomic E-state index is 6.32. The summed E-state index contributed by atoms with van der Waals surface area (Å²) in [4.78, 5) is 7.54. The van der Waals surface area contributed by atoms with Gasteiger partial charge < -0.3 is 15.0 Å². The van der Waals surface area contributed by atoms with Gasteiger partial charge in [0.1, 0.15) is 0 Å². The van der Waals surface area contributed by atoms with Crippen LogP contribution in [0.15, 0.2) is 41.7 Å². The molecular weight excluding hydrogens is 398 g/mol. The summed E-state index contributed by atoms with van der Waals surface area (Å²) in [5.41, 5.74) is 2.56. The molecule has 0 aliphatic carbocycles. The number of hydrogen-bond acceptors (Lipinski definition) is 3. The number of ether oxygens (including phenoxy) is 1. The number of rotatable bonds is 5. The zero-order valence-corrected chi connectivity index (χ0v) is 18.7. The summed E-state index contributed by atoms with van der Waals surface area (Å²) in [5, 5.41) is 8.65. The first-order valence-electron chi connectivity index (χ1n) is 11.0.